The van der Waals surface area contributed by atoms with Crippen molar-refractivity contribution in [1.29, 1.82) is 0 Å². The predicted molar refractivity (Wildman–Crippen MR) is 107 cm³/mol. The summed E-state index contributed by atoms with van der Waals surface area (Å²) in [6, 6.07) is 17.3. The maximum absolute atomic E-state index is 12.4. The van der Waals surface area contributed by atoms with Crippen LogP contribution in [0.1, 0.15) is 15.9 Å². The second kappa shape index (κ2) is 8.00. The minimum Gasteiger partial charge on any atom is -0.497 e. The molecule has 0 aromatic heterocycles. The second-order valence-electron chi connectivity index (χ2n) is 6.44. The number of rotatable bonds is 6. The molecule has 146 valence electrons. The van der Waals surface area contributed by atoms with Crippen LogP contribution in [-0.2, 0) is 21.4 Å². The van der Waals surface area contributed by atoms with E-state index in [1.807, 2.05) is 36.4 Å². The van der Waals surface area contributed by atoms with Gasteiger partial charge in [-0.05, 0) is 52.7 Å². The molecule has 0 unspecified atom stereocenters. The number of methoxy groups -OCH3 is 1. The molecule has 7 heteroatoms. The normalized spacial score (nSPS) is 11.6. The van der Waals surface area contributed by atoms with E-state index in [4.69, 9.17) is 9.47 Å². The van der Waals surface area contributed by atoms with E-state index in [1.165, 1.54) is 38.4 Å². The molecule has 3 rings (SSSR count). The fourth-order valence-electron chi connectivity index (χ4n) is 2.72. The molecule has 6 nitrogen and oxygen atoms in total. The zero-order valence-corrected chi connectivity index (χ0v) is 16.7. The minimum absolute atomic E-state index is 0.0478. The number of nitrogens with zero attached hydrogens (tertiary/aromatic N) is 1. The van der Waals surface area contributed by atoms with Gasteiger partial charge in [-0.2, -0.15) is 0 Å². The maximum Gasteiger partial charge on any atom is 0.338 e. The van der Waals surface area contributed by atoms with Crippen molar-refractivity contribution in [1.82, 2.24) is 4.31 Å². The molecule has 28 heavy (non-hydrogen) atoms. The van der Waals surface area contributed by atoms with E-state index >= 15 is 0 Å². The summed E-state index contributed by atoms with van der Waals surface area (Å²) >= 11 is 0. The summed E-state index contributed by atoms with van der Waals surface area (Å²) in [5.74, 6) is 0.199. The lowest BCUT2D eigenvalue weighted by Crippen LogP contribution is -2.22. The third-order valence-corrected chi connectivity index (χ3v) is 6.14. The van der Waals surface area contributed by atoms with E-state index in [1.54, 1.807) is 7.11 Å². The average Bonchev–Trinajstić information content (AvgIpc) is 2.71. The summed E-state index contributed by atoms with van der Waals surface area (Å²) in [6.45, 7) is 0.0888. The Morgan fingerprint density at radius 3 is 2.39 bits per heavy atom. The smallest absolute Gasteiger partial charge is 0.338 e. The van der Waals surface area contributed by atoms with Gasteiger partial charge in [0.1, 0.15) is 12.4 Å². The number of carbonyl (C=O) groups excluding carboxylic acids is 1. The highest BCUT2D eigenvalue weighted by atomic mass is 32.2. The maximum atomic E-state index is 12.4. The van der Waals surface area contributed by atoms with Crippen molar-refractivity contribution in [3.63, 3.8) is 0 Å². The first kappa shape index (κ1) is 19.9. The van der Waals surface area contributed by atoms with Crippen LogP contribution in [0.3, 0.4) is 0 Å². The molecule has 0 aliphatic rings. The molecule has 0 amide bonds. The van der Waals surface area contributed by atoms with Crippen LogP contribution in [0.25, 0.3) is 10.8 Å². The zero-order chi connectivity index (χ0) is 20.3. The molecule has 0 atom stereocenters. The monoisotopic (exact) mass is 399 g/mol. The van der Waals surface area contributed by atoms with E-state index in [-0.39, 0.29) is 17.1 Å². The molecule has 0 saturated carbocycles. The third-order valence-electron chi connectivity index (χ3n) is 4.33. The number of ether oxygens (including phenoxy) is 2. The van der Waals surface area contributed by atoms with Gasteiger partial charge in [-0.3, -0.25) is 0 Å². The van der Waals surface area contributed by atoms with Gasteiger partial charge >= 0.3 is 5.97 Å². The molecule has 0 N–H and O–H groups in total. The molecule has 3 aromatic rings. The van der Waals surface area contributed by atoms with Crippen molar-refractivity contribution in [3.8, 4) is 5.75 Å². The Hall–Kier alpha value is -2.90. The zero-order valence-electron chi connectivity index (χ0n) is 15.9. The highest BCUT2D eigenvalue weighted by Crippen LogP contribution is 2.22. The lowest BCUT2D eigenvalue weighted by Gasteiger charge is -2.12. The predicted octanol–water partition coefficient (Wildman–Crippen LogP) is 3.46. The van der Waals surface area contributed by atoms with Crippen molar-refractivity contribution >= 4 is 26.8 Å². The Balaban J connectivity index is 1.75. The number of benzene rings is 3. The van der Waals surface area contributed by atoms with Crippen molar-refractivity contribution < 1.29 is 22.7 Å². The van der Waals surface area contributed by atoms with Crippen LogP contribution in [0.4, 0.5) is 0 Å². The van der Waals surface area contributed by atoms with Gasteiger partial charge < -0.3 is 9.47 Å². The van der Waals surface area contributed by atoms with Crippen LogP contribution in [0, 0.1) is 0 Å². The third kappa shape index (κ3) is 4.16. The van der Waals surface area contributed by atoms with Crippen LogP contribution < -0.4 is 4.74 Å². The molecular weight excluding hydrogens is 378 g/mol. The number of esters is 1. The molecule has 3 aromatic carbocycles. The van der Waals surface area contributed by atoms with Crippen molar-refractivity contribution in [2.45, 2.75) is 11.5 Å². The largest absolute Gasteiger partial charge is 0.497 e. The van der Waals surface area contributed by atoms with E-state index in [0.717, 1.165) is 26.4 Å². The van der Waals surface area contributed by atoms with Crippen LogP contribution in [0.2, 0.25) is 0 Å². The standard InChI is InChI=1S/C21H21NO5S/c1-22(2)28(24,25)20-6-4-5-18(13-20)21(23)27-14-15-7-8-17-12-19(26-3)10-9-16(17)11-15/h4-13H,14H2,1-3H3. The molecule has 0 aliphatic heterocycles. The Bertz CT molecular complexity index is 1120. The Kier molecular flexibility index (Phi) is 5.67. The first-order valence-electron chi connectivity index (χ1n) is 8.57. The fourth-order valence-corrected chi connectivity index (χ4v) is 3.66. The highest BCUT2D eigenvalue weighted by Gasteiger charge is 2.19. The van der Waals surface area contributed by atoms with Gasteiger partial charge in [0, 0.05) is 14.1 Å². The van der Waals surface area contributed by atoms with Crippen LogP contribution in [0.15, 0.2) is 65.6 Å². The molecule has 0 fully saturated rings. The van der Waals surface area contributed by atoms with Crippen molar-refractivity contribution in [3.05, 3.63) is 71.8 Å². The first-order valence-corrected chi connectivity index (χ1v) is 10.0. The number of sulfonamides is 1. The first-order chi connectivity index (χ1) is 13.3. The molecule has 0 saturated heterocycles. The molecule has 0 spiro atoms. The molecule has 0 aliphatic carbocycles. The minimum atomic E-state index is -3.61. The van der Waals surface area contributed by atoms with Gasteiger partial charge in [0.05, 0.1) is 17.6 Å². The number of hydrogen-bond donors (Lipinski definition) is 0. The van der Waals surface area contributed by atoms with Crippen LogP contribution in [0.5, 0.6) is 5.75 Å². The number of hydrogen-bond acceptors (Lipinski definition) is 5. The van der Waals surface area contributed by atoms with Gasteiger partial charge in [-0.15, -0.1) is 0 Å². The van der Waals surface area contributed by atoms with Gasteiger partial charge in [0.25, 0.3) is 0 Å². The van der Waals surface area contributed by atoms with E-state index in [9.17, 15) is 13.2 Å². The van der Waals surface area contributed by atoms with Gasteiger partial charge in [0.2, 0.25) is 10.0 Å². The summed E-state index contributed by atoms with van der Waals surface area (Å²) < 4.78 is 36.1. The lowest BCUT2D eigenvalue weighted by atomic mass is 10.1. The van der Waals surface area contributed by atoms with E-state index in [0.29, 0.717) is 0 Å². The SMILES string of the molecule is COc1ccc2cc(COC(=O)c3cccc(S(=O)(=O)N(C)C)c3)ccc2c1. The van der Waals surface area contributed by atoms with Crippen molar-refractivity contribution in [2.24, 2.45) is 0 Å². The highest BCUT2D eigenvalue weighted by molar-refractivity contribution is 7.89. The fraction of sp³-hybridized carbons (Fsp3) is 0.190. The quantitative estimate of drug-likeness (QED) is 0.594. The van der Waals surface area contributed by atoms with Gasteiger partial charge in [-0.25, -0.2) is 17.5 Å². The molecular formula is C21H21NO5S. The van der Waals surface area contributed by atoms with Crippen LogP contribution in [-0.4, -0.2) is 39.9 Å². The summed E-state index contributed by atoms with van der Waals surface area (Å²) in [4.78, 5) is 12.4. The molecule has 0 radical (unpaired) electrons. The summed E-state index contributed by atoms with van der Waals surface area (Å²) in [7, 11) is 0.884. The van der Waals surface area contributed by atoms with E-state index < -0.39 is 16.0 Å². The summed E-state index contributed by atoms with van der Waals surface area (Å²) in [5, 5.41) is 2.03. The van der Waals surface area contributed by atoms with E-state index in [2.05, 4.69) is 0 Å². The van der Waals surface area contributed by atoms with Crippen LogP contribution >= 0.6 is 0 Å². The topological polar surface area (TPSA) is 72.9 Å². The molecule has 0 heterocycles. The second-order valence-corrected chi connectivity index (χ2v) is 8.59. The number of carbonyl (C=O) groups is 1. The van der Waals surface area contributed by atoms with Crippen molar-refractivity contribution in [2.75, 3.05) is 21.2 Å². The summed E-state index contributed by atoms with van der Waals surface area (Å²) in [6.07, 6.45) is 0. The Morgan fingerprint density at radius 1 is 0.964 bits per heavy atom. The van der Waals surface area contributed by atoms with Gasteiger partial charge in [0.15, 0.2) is 0 Å². The van der Waals surface area contributed by atoms with Gasteiger partial charge in [-0.1, -0.05) is 24.3 Å². The number of fused-ring (bicyclic) bond motifs is 1. The summed E-state index contributed by atoms with van der Waals surface area (Å²) in [5.41, 5.74) is 1.02. The Labute approximate surface area is 164 Å². The Morgan fingerprint density at radius 2 is 1.68 bits per heavy atom. The molecule has 0 bridgehead atoms. The average molecular weight is 399 g/mol. The lowest BCUT2D eigenvalue weighted by molar-refractivity contribution is 0.0472.